The van der Waals surface area contributed by atoms with Crippen molar-refractivity contribution in [1.82, 2.24) is 10.6 Å². The molecule has 3 rings (SSSR count). The van der Waals surface area contributed by atoms with Gasteiger partial charge in [0, 0.05) is 26.1 Å². The van der Waals surface area contributed by atoms with Crippen LogP contribution >= 0.6 is 11.8 Å². The molecule has 0 aliphatic carbocycles. The number of rotatable bonds is 16. The normalized spacial score (nSPS) is 40.2. The Bertz CT molecular complexity index is 1050. The number of nitrogens with one attached hydrogen (secondary N) is 2. The maximum Gasteiger partial charge on any atom is 0.335 e. The predicted octanol–water partition coefficient (Wildman–Crippen LogP) is -6.09. The minimum absolute atomic E-state index is 0.0852. The summed E-state index contributed by atoms with van der Waals surface area (Å²) in [6, 6.07) is -2.65. The van der Waals surface area contributed by atoms with Crippen molar-refractivity contribution >= 4 is 29.5 Å². The summed E-state index contributed by atoms with van der Waals surface area (Å²) in [5, 5.41) is 87.5. The van der Waals surface area contributed by atoms with Gasteiger partial charge in [0.05, 0.1) is 19.8 Å². The van der Waals surface area contributed by atoms with Crippen LogP contribution in [0, 0.1) is 0 Å². The molecule has 278 valence electrons. The summed E-state index contributed by atoms with van der Waals surface area (Å²) < 4.78 is 34.3. The van der Waals surface area contributed by atoms with Crippen molar-refractivity contribution in [1.29, 1.82) is 0 Å². The molecule has 0 spiro atoms. The molecule has 3 heterocycles. The number of ether oxygens (including phenoxy) is 6. The van der Waals surface area contributed by atoms with Gasteiger partial charge in [-0.05, 0) is 12.2 Å². The number of amides is 2. The van der Waals surface area contributed by atoms with Crippen LogP contribution < -0.4 is 16.4 Å². The first-order valence-electron chi connectivity index (χ1n) is 15.3. The Kier molecular flexibility index (Phi) is 16.1. The van der Waals surface area contributed by atoms with E-state index in [0.717, 1.165) is 13.8 Å². The maximum atomic E-state index is 12.3. The van der Waals surface area contributed by atoms with E-state index in [-0.39, 0.29) is 6.61 Å². The Labute approximate surface area is 279 Å². The highest BCUT2D eigenvalue weighted by Gasteiger charge is 2.53. The molecule has 3 aliphatic rings. The van der Waals surface area contributed by atoms with E-state index in [2.05, 4.69) is 10.6 Å². The molecule has 0 aromatic rings. The second-order valence-corrected chi connectivity index (χ2v) is 12.7. The molecule has 0 bridgehead atoms. The zero-order valence-corrected chi connectivity index (χ0v) is 27.2. The molecule has 48 heavy (non-hydrogen) atoms. The van der Waals surface area contributed by atoms with E-state index in [1.165, 1.54) is 0 Å². The van der Waals surface area contributed by atoms with Gasteiger partial charge in [-0.3, -0.25) is 9.59 Å². The molecular weight excluding hydrogens is 670 g/mol. The SMILES string of the molecule is CC(=O)N[C@H]1[C@H](OC[C@H]2O[C@@H](OCCCSCCN)[C@H](NC(C)=O)[C@@H](O[C@@H]3O[C@H](C(=O)O)[C@@H](O)[C@H](O)[C@H]3O)[C@@H]2O)O[C@H](CO)[C@@H](O)[C@@H]1O. The standard InChI is InChI=1S/C27H47N3O17S/c1-10(32)29-14-18(36)16(34)12(8-31)44-25(14)43-9-13-17(35)22(46-27-21(39)19(37)20(38)23(47-27)24(40)41)15(30-11(2)33)26(45-13)42-5-3-6-48-7-4-28/h12-23,25-27,31,34-39H,3-9,28H2,1-2H3,(H,29,32)(H,30,33)(H,40,41)/t12-,13-,14-,15-,16-,17-,18-,19+,20+,21-,22-,23+,25-,26-,27-/m1/s1. The van der Waals surface area contributed by atoms with Crippen LogP contribution in [0.3, 0.4) is 0 Å². The molecule has 15 atom stereocenters. The van der Waals surface area contributed by atoms with Crippen LogP contribution in [0.2, 0.25) is 0 Å². The fraction of sp³-hybridized carbons (Fsp3) is 0.889. The number of hydrogen-bond donors (Lipinski definition) is 11. The van der Waals surface area contributed by atoms with Gasteiger partial charge in [0.25, 0.3) is 0 Å². The fourth-order valence-electron chi connectivity index (χ4n) is 5.41. The van der Waals surface area contributed by atoms with E-state index in [1.54, 1.807) is 11.8 Å². The number of nitrogens with two attached hydrogens (primary N) is 1. The van der Waals surface area contributed by atoms with E-state index >= 15 is 0 Å². The summed E-state index contributed by atoms with van der Waals surface area (Å²) in [5.74, 6) is -1.54. The zero-order chi connectivity index (χ0) is 35.7. The molecule has 0 radical (unpaired) electrons. The van der Waals surface area contributed by atoms with E-state index in [0.29, 0.717) is 24.5 Å². The Morgan fingerprint density at radius 3 is 1.98 bits per heavy atom. The van der Waals surface area contributed by atoms with E-state index < -0.39 is 123 Å². The summed E-state index contributed by atoms with van der Waals surface area (Å²) in [4.78, 5) is 35.8. The van der Waals surface area contributed by atoms with Gasteiger partial charge in [-0.1, -0.05) is 0 Å². The zero-order valence-electron chi connectivity index (χ0n) is 26.3. The number of thioether (sulfide) groups is 1. The first kappa shape index (κ1) is 40.6. The summed E-state index contributed by atoms with van der Waals surface area (Å²) >= 11 is 1.57. The van der Waals surface area contributed by atoms with Crippen LogP contribution in [0.15, 0.2) is 0 Å². The molecule has 0 aromatic heterocycles. The molecule has 12 N–H and O–H groups in total. The molecule has 0 saturated carbocycles. The smallest absolute Gasteiger partial charge is 0.335 e. The third-order valence-electron chi connectivity index (χ3n) is 7.80. The van der Waals surface area contributed by atoms with Crippen molar-refractivity contribution < 1.29 is 83.7 Å². The lowest BCUT2D eigenvalue weighted by Crippen LogP contribution is -2.69. The summed E-state index contributed by atoms with van der Waals surface area (Å²) in [5.41, 5.74) is 5.52. The highest BCUT2D eigenvalue weighted by Crippen LogP contribution is 2.31. The quantitative estimate of drug-likeness (QED) is 0.0662. The van der Waals surface area contributed by atoms with Crippen molar-refractivity contribution in [2.24, 2.45) is 5.73 Å². The van der Waals surface area contributed by atoms with Crippen molar-refractivity contribution in [3.05, 3.63) is 0 Å². The van der Waals surface area contributed by atoms with Gasteiger partial charge in [-0.15, -0.1) is 0 Å². The Balaban J connectivity index is 1.88. The molecule has 3 saturated heterocycles. The van der Waals surface area contributed by atoms with Gasteiger partial charge in [0.1, 0.15) is 67.0 Å². The van der Waals surface area contributed by atoms with Gasteiger partial charge >= 0.3 is 5.97 Å². The molecule has 2 amide bonds. The van der Waals surface area contributed by atoms with Crippen LogP contribution in [0.5, 0.6) is 0 Å². The highest BCUT2D eigenvalue weighted by atomic mass is 32.2. The number of carbonyl (C=O) groups is 3. The van der Waals surface area contributed by atoms with Crippen LogP contribution in [-0.2, 0) is 42.8 Å². The molecule has 0 aromatic carbocycles. The maximum absolute atomic E-state index is 12.3. The molecule has 0 unspecified atom stereocenters. The second-order valence-electron chi connectivity index (χ2n) is 11.5. The third kappa shape index (κ3) is 10.4. The highest BCUT2D eigenvalue weighted by molar-refractivity contribution is 7.99. The Hall–Kier alpha value is -1.80. The molecule has 21 heteroatoms. The lowest BCUT2D eigenvalue weighted by atomic mass is 9.95. The lowest BCUT2D eigenvalue weighted by molar-refractivity contribution is -0.345. The Morgan fingerprint density at radius 2 is 1.38 bits per heavy atom. The number of hydrogen-bond acceptors (Lipinski definition) is 18. The first-order chi connectivity index (χ1) is 22.7. The van der Waals surface area contributed by atoms with Crippen molar-refractivity contribution in [2.75, 3.05) is 37.9 Å². The van der Waals surface area contributed by atoms with Gasteiger partial charge in [-0.2, -0.15) is 11.8 Å². The van der Waals surface area contributed by atoms with Crippen molar-refractivity contribution in [3.63, 3.8) is 0 Å². The second kappa shape index (κ2) is 19.0. The average Bonchev–Trinajstić information content (AvgIpc) is 3.03. The summed E-state index contributed by atoms with van der Waals surface area (Å²) in [6.07, 6.45) is -21.7. The van der Waals surface area contributed by atoms with E-state index in [9.17, 15) is 55.2 Å². The minimum Gasteiger partial charge on any atom is -0.479 e. The predicted molar refractivity (Wildman–Crippen MR) is 160 cm³/mol. The van der Waals surface area contributed by atoms with Gasteiger partial charge in [0.15, 0.2) is 25.0 Å². The first-order valence-corrected chi connectivity index (χ1v) is 16.5. The van der Waals surface area contributed by atoms with Gasteiger partial charge in [-0.25, -0.2) is 4.79 Å². The molecule has 20 nitrogen and oxygen atoms in total. The van der Waals surface area contributed by atoms with Crippen LogP contribution in [0.25, 0.3) is 0 Å². The largest absolute Gasteiger partial charge is 0.479 e. The molecule has 3 aliphatic heterocycles. The third-order valence-corrected chi connectivity index (χ3v) is 8.90. The number of aliphatic hydroxyl groups excluding tert-OH is 7. The van der Waals surface area contributed by atoms with Crippen LogP contribution in [0.4, 0.5) is 0 Å². The van der Waals surface area contributed by atoms with E-state index in [4.69, 9.17) is 34.2 Å². The molecular formula is C27H47N3O17S. The Morgan fingerprint density at radius 1 is 0.750 bits per heavy atom. The monoisotopic (exact) mass is 717 g/mol. The summed E-state index contributed by atoms with van der Waals surface area (Å²) in [7, 11) is 0. The van der Waals surface area contributed by atoms with Crippen molar-refractivity contribution in [2.45, 2.75) is 112 Å². The fourth-order valence-corrected chi connectivity index (χ4v) is 6.11. The number of carboxylic acid groups (broad SMARTS) is 1. The van der Waals surface area contributed by atoms with Crippen LogP contribution in [-0.4, -0.2) is 189 Å². The number of aliphatic hydroxyl groups is 7. The topological polar surface area (TPSA) is 319 Å². The minimum atomic E-state index is -2.03. The number of carboxylic acids is 1. The van der Waals surface area contributed by atoms with Gasteiger partial charge < -0.3 is 85.6 Å². The van der Waals surface area contributed by atoms with Crippen LogP contribution in [0.1, 0.15) is 20.3 Å². The lowest BCUT2D eigenvalue weighted by Gasteiger charge is -2.48. The molecule has 3 fully saturated rings. The van der Waals surface area contributed by atoms with Crippen molar-refractivity contribution in [3.8, 4) is 0 Å². The summed E-state index contributed by atoms with van der Waals surface area (Å²) in [6.45, 7) is 1.58. The van der Waals surface area contributed by atoms with E-state index in [1.807, 2.05) is 0 Å². The number of aliphatic carboxylic acids is 1. The van der Waals surface area contributed by atoms with Gasteiger partial charge in [0.2, 0.25) is 11.8 Å². The number of carbonyl (C=O) groups excluding carboxylic acids is 2. The average molecular weight is 718 g/mol.